The van der Waals surface area contributed by atoms with E-state index in [9.17, 15) is 4.79 Å². The van der Waals surface area contributed by atoms with Crippen LogP contribution in [0.15, 0.2) is 0 Å². The van der Waals surface area contributed by atoms with E-state index >= 15 is 0 Å². The first kappa shape index (κ1) is 13.8. The van der Waals surface area contributed by atoms with E-state index in [0.29, 0.717) is 0 Å². The number of rotatable bonds is 3. The first-order valence-electron chi connectivity index (χ1n) is 6.98. The Morgan fingerprint density at radius 1 is 1.11 bits per heavy atom. The van der Waals surface area contributed by atoms with E-state index in [1.165, 1.54) is 32.5 Å². The third-order valence-corrected chi connectivity index (χ3v) is 4.21. The fourth-order valence-electron chi connectivity index (χ4n) is 2.89. The van der Waals surface area contributed by atoms with Gasteiger partial charge in [0, 0.05) is 32.7 Å². The van der Waals surface area contributed by atoms with Gasteiger partial charge in [-0.25, -0.2) is 0 Å². The summed E-state index contributed by atoms with van der Waals surface area (Å²) in [6.45, 7) is 6.71. The monoisotopic (exact) mass is 255 g/mol. The van der Waals surface area contributed by atoms with Crippen molar-refractivity contribution < 1.29 is 9.90 Å². The first-order chi connectivity index (χ1) is 8.69. The summed E-state index contributed by atoms with van der Waals surface area (Å²) in [6.07, 6.45) is 2.60. The molecular weight excluding hydrogens is 230 g/mol. The highest BCUT2D eigenvalue weighted by Gasteiger charge is 2.24. The number of hydrogen-bond acceptors (Lipinski definition) is 4. The number of aliphatic hydroxyl groups excluding tert-OH is 1. The molecule has 18 heavy (non-hydrogen) atoms. The van der Waals surface area contributed by atoms with Gasteiger partial charge in [-0.3, -0.25) is 9.69 Å². The molecular formula is C13H25N3O2. The van der Waals surface area contributed by atoms with Gasteiger partial charge in [-0.15, -0.1) is 0 Å². The molecule has 0 aromatic heterocycles. The molecule has 0 saturated carbocycles. The highest BCUT2D eigenvalue weighted by molar-refractivity contribution is 5.77. The Morgan fingerprint density at radius 3 is 2.28 bits per heavy atom. The maximum absolute atomic E-state index is 11.4. The third kappa shape index (κ3) is 3.67. The second-order valence-electron chi connectivity index (χ2n) is 5.59. The predicted octanol–water partition coefficient (Wildman–Crippen LogP) is -0.535. The number of amides is 1. The predicted molar refractivity (Wildman–Crippen MR) is 70.3 cm³/mol. The van der Waals surface area contributed by atoms with Crippen molar-refractivity contribution in [3.05, 3.63) is 0 Å². The van der Waals surface area contributed by atoms with Crippen molar-refractivity contribution in [3.63, 3.8) is 0 Å². The van der Waals surface area contributed by atoms with Crippen molar-refractivity contribution in [2.45, 2.75) is 12.8 Å². The van der Waals surface area contributed by atoms with Crippen LogP contribution >= 0.6 is 0 Å². The smallest absolute Gasteiger partial charge is 0.248 e. The van der Waals surface area contributed by atoms with E-state index in [2.05, 4.69) is 16.8 Å². The van der Waals surface area contributed by atoms with Gasteiger partial charge in [0.25, 0.3) is 0 Å². The van der Waals surface area contributed by atoms with Crippen LogP contribution in [0.1, 0.15) is 12.8 Å². The maximum atomic E-state index is 11.4. The number of aliphatic hydroxyl groups is 1. The van der Waals surface area contributed by atoms with Gasteiger partial charge in [0.2, 0.25) is 5.91 Å². The molecule has 5 nitrogen and oxygen atoms in total. The summed E-state index contributed by atoms with van der Waals surface area (Å²) in [5.74, 6) is 0.690. The second-order valence-corrected chi connectivity index (χ2v) is 5.59. The van der Waals surface area contributed by atoms with Crippen LogP contribution in [0, 0.1) is 5.92 Å². The summed E-state index contributed by atoms with van der Waals surface area (Å²) in [5, 5.41) is 8.83. The molecule has 0 aliphatic carbocycles. The molecule has 2 aliphatic rings. The molecule has 1 N–H and O–H groups in total. The fourth-order valence-corrected chi connectivity index (χ4v) is 2.89. The summed E-state index contributed by atoms with van der Waals surface area (Å²) < 4.78 is 0. The molecule has 2 saturated heterocycles. The Bertz CT molecular complexity index is 269. The van der Waals surface area contributed by atoms with Crippen LogP contribution in [0.4, 0.5) is 0 Å². The Balaban J connectivity index is 1.69. The van der Waals surface area contributed by atoms with Gasteiger partial charge in [-0.05, 0) is 38.9 Å². The molecule has 2 rings (SSSR count). The minimum Gasteiger partial charge on any atom is -0.387 e. The lowest BCUT2D eigenvalue weighted by Gasteiger charge is -2.38. The van der Waals surface area contributed by atoms with Gasteiger partial charge in [0.15, 0.2) is 0 Å². The summed E-state index contributed by atoms with van der Waals surface area (Å²) in [7, 11) is 2.19. The second kappa shape index (κ2) is 6.50. The average molecular weight is 255 g/mol. The van der Waals surface area contributed by atoms with Crippen LogP contribution in [0.2, 0.25) is 0 Å². The van der Waals surface area contributed by atoms with Crippen molar-refractivity contribution in [3.8, 4) is 0 Å². The molecule has 0 atom stereocenters. The first-order valence-corrected chi connectivity index (χ1v) is 6.98. The van der Waals surface area contributed by atoms with Crippen LogP contribution in [-0.4, -0.2) is 85.2 Å². The van der Waals surface area contributed by atoms with Crippen LogP contribution in [0.25, 0.3) is 0 Å². The van der Waals surface area contributed by atoms with E-state index in [-0.39, 0.29) is 12.5 Å². The molecule has 0 aromatic rings. The number of piperidine rings is 1. The van der Waals surface area contributed by atoms with Crippen molar-refractivity contribution in [2.75, 3.05) is 59.5 Å². The molecule has 5 heteroatoms. The summed E-state index contributed by atoms with van der Waals surface area (Å²) >= 11 is 0. The maximum Gasteiger partial charge on any atom is 0.248 e. The number of carbonyl (C=O) groups excluding carboxylic acids is 1. The van der Waals surface area contributed by atoms with Gasteiger partial charge >= 0.3 is 0 Å². The molecule has 2 fully saturated rings. The standard InChI is InChI=1S/C13H25N3O2/c1-14-4-2-12(3-5-14)10-15-6-8-16(9-7-15)13(18)11-17/h12,17H,2-11H2,1H3. The molecule has 0 unspecified atom stereocenters. The highest BCUT2D eigenvalue weighted by Crippen LogP contribution is 2.18. The fraction of sp³-hybridized carbons (Fsp3) is 0.923. The van der Waals surface area contributed by atoms with Crippen molar-refractivity contribution in [1.29, 1.82) is 0 Å². The van der Waals surface area contributed by atoms with Crippen LogP contribution < -0.4 is 0 Å². The van der Waals surface area contributed by atoms with Gasteiger partial charge < -0.3 is 14.9 Å². The number of nitrogens with zero attached hydrogens (tertiary/aromatic N) is 3. The zero-order chi connectivity index (χ0) is 13.0. The molecule has 0 aromatic carbocycles. The summed E-state index contributed by atoms with van der Waals surface area (Å²) in [5.41, 5.74) is 0. The largest absolute Gasteiger partial charge is 0.387 e. The molecule has 2 heterocycles. The molecule has 0 radical (unpaired) electrons. The molecule has 0 spiro atoms. The van der Waals surface area contributed by atoms with Gasteiger partial charge in [-0.1, -0.05) is 0 Å². The Labute approximate surface area is 109 Å². The number of likely N-dealkylation sites (tertiary alicyclic amines) is 1. The Hall–Kier alpha value is -0.650. The van der Waals surface area contributed by atoms with E-state index in [0.717, 1.165) is 32.1 Å². The highest BCUT2D eigenvalue weighted by atomic mass is 16.3. The molecule has 0 bridgehead atoms. The Morgan fingerprint density at radius 2 is 1.72 bits per heavy atom. The quantitative estimate of drug-likeness (QED) is 0.736. The zero-order valence-corrected chi connectivity index (χ0v) is 11.3. The van der Waals surface area contributed by atoms with Gasteiger partial charge in [-0.2, -0.15) is 0 Å². The normalized spacial score (nSPS) is 24.4. The summed E-state index contributed by atoms with van der Waals surface area (Å²) in [4.78, 5) is 18.0. The lowest BCUT2D eigenvalue weighted by molar-refractivity contribution is -0.136. The van der Waals surface area contributed by atoms with Crippen LogP contribution in [0.5, 0.6) is 0 Å². The zero-order valence-electron chi connectivity index (χ0n) is 11.3. The van der Waals surface area contributed by atoms with Gasteiger partial charge in [0.1, 0.15) is 6.61 Å². The lowest BCUT2D eigenvalue weighted by atomic mass is 9.96. The lowest BCUT2D eigenvalue weighted by Crippen LogP contribution is -2.51. The topological polar surface area (TPSA) is 47.0 Å². The number of piperazine rings is 1. The van der Waals surface area contributed by atoms with Crippen molar-refractivity contribution >= 4 is 5.91 Å². The minimum atomic E-state index is -0.352. The van der Waals surface area contributed by atoms with Crippen molar-refractivity contribution in [1.82, 2.24) is 14.7 Å². The van der Waals surface area contributed by atoms with E-state index in [1.807, 2.05) is 0 Å². The SMILES string of the molecule is CN1CCC(CN2CCN(C(=O)CO)CC2)CC1. The van der Waals surface area contributed by atoms with Crippen LogP contribution in [-0.2, 0) is 4.79 Å². The number of carbonyl (C=O) groups is 1. The minimum absolute atomic E-state index is 0.131. The van der Waals surface area contributed by atoms with Gasteiger partial charge in [0.05, 0.1) is 0 Å². The summed E-state index contributed by atoms with van der Waals surface area (Å²) in [6, 6.07) is 0. The van der Waals surface area contributed by atoms with E-state index in [4.69, 9.17) is 5.11 Å². The van der Waals surface area contributed by atoms with E-state index < -0.39 is 0 Å². The van der Waals surface area contributed by atoms with Crippen molar-refractivity contribution in [2.24, 2.45) is 5.92 Å². The number of hydrogen-bond donors (Lipinski definition) is 1. The Kier molecular flexibility index (Phi) is 4.97. The van der Waals surface area contributed by atoms with Crippen LogP contribution in [0.3, 0.4) is 0 Å². The van der Waals surface area contributed by atoms with E-state index in [1.54, 1.807) is 4.90 Å². The average Bonchev–Trinajstić information content (AvgIpc) is 2.41. The molecule has 1 amide bonds. The third-order valence-electron chi connectivity index (χ3n) is 4.21. The molecule has 104 valence electrons. The molecule has 2 aliphatic heterocycles.